The molecule has 240 valence electrons. The summed E-state index contributed by atoms with van der Waals surface area (Å²) >= 11 is 0. The first kappa shape index (κ1) is 30.0. The molecule has 3 heteroatoms. The van der Waals surface area contributed by atoms with Crippen molar-refractivity contribution >= 4 is 38.8 Å². The Kier molecular flexibility index (Phi) is 6.90. The second kappa shape index (κ2) is 11.5. The monoisotopic (exact) mass is 643 g/mol. The number of aryl methyl sites for hydroxylation is 3. The zero-order valence-corrected chi connectivity index (χ0v) is 28.8. The van der Waals surface area contributed by atoms with Gasteiger partial charge in [0.25, 0.3) is 0 Å². The summed E-state index contributed by atoms with van der Waals surface area (Å²) < 4.78 is 4.88. The van der Waals surface area contributed by atoms with Crippen molar-refractivity contribution in [2.24, 2.45) is 5.92 Å². The number of para-hydroxylation sites is 3. The van der Waals surface area contributed by atoms with Crippen LogP contribution in [0, 0.1) is 38.0 Å². The molecule has 0 radical (unpaired) electrons. The maximum absolute atomic E-state index is 10.4. The summed E-state index contributed by atoms with van der Waals surface area (Å²) in [6.45, 7) is 8.86. The predicted molar refractivity (Wildman–Crippen MR) is 209 cm³/mol. The number of fused-ring (bicyclic) bond motifs is 6. The normalized spacial score (nSPS) is 14.0. The van der Waals surface area contributed by atoms with E-state index in [2.05, 4.69) is 164 Å². The molecule has 2 heterocycles. The van der Waals surface area contributed by atoms with Crippen molar-refractivity contribution in [1.29, 1.82) is 5.26 Å². The van der Waals surface area contributed by atoms with Gasteiger partial charge in [0.05, 0.1) is 33.9 Å². The summed E-state index contributed by atoms with van der Waals surface area (Å²) in [6, 6.07) is 46.1. The van der Waals surface area contributed by atoms with E-state index in [0.29, 0.717) is 11.5 Å². The van der Waals surface area contributed by atoms with Crippen LogP contribution >= 0.6 is 0 Å². The van der Waals surface area contributed by atoms with Gasteiger partial charge in [-0.15, -0.1) is 0 Å². The average Bonchev–Trinajstić information content (AvgIpc) is 3.64. The minimum atomic E-state index is 0.412. The van der Waals surface area contributed by atoms with Gasteiger partial charge in [-0.25, -0.2) is 0 Å². The molecule has 0 spiro atoms. The third-order valence-electron chi connectivity index (χ3n) is 10.7. The van der Waals surface area contributed by atoms with Crippen molar-refractivity contribution < 1.29 is 0 Å². The van der Waals surface area contributed by atoms with Gasteiger partial charge in [-0.3, -0.25) is 0 Å². The molecule has 0 N–H and O–H groups in total. The molecular formula is C47H37N3. The first-order valence-corrected chi connectivity index (χ1v) is 17.5. The van der Waals surface area contributed by atoms with E-state index < -0.39 is 0 Å². The Bertz CT molecular complexity index is 2710. The fourth-order valence-corrected chi connectivity index (χ4v) is 8.49. The standard InChI is InChI=1S/C47H37N3/c1-29-20-24-43-40(26-29)45-36(33-21-25-42-39(27-33)37-18-8-9-19-41(37)49(42)35-16-6-5-7-17-35)22-23-38(44-30(2)12-11-15-34(44)28-48)47(45)50(43)46-31(3)13-10-14-32(46)4/h5-25,27,29H,26H2,1-4H3. The van der Waals surface area contributed by atoms with E-state index in [1.54, 1.807) is 0 Å². The van der Waals surface area contributed by atoms with Crippen molar-refractivity contribution in [3.05, 3.63) is 161 Å². The highest BCUT2D eigenvalue weighted by molar-refractivity contribution is 6.13. The van der Waals surface area contributed by atoms with Crippen molar-refractivity contribution in [2.75, 3.05) is 0 Å². The Morgan fingerprint density at radius 1 is 0.660 bits per heavy atom. The fraction of sp³-hybridized carbons (Fsp3) is 0.128. The third kappa shape index (κ3) is 4.42. The molecular weight excluding hydrogens is 607 g/mol. The first-order chi connectivity index (χ1) is 24.4. The molecule has 0 fully saturated rings. The van der Waals surface area contributed by atoms with Gasteiger partial charge in [-0.1, -0.05) is 97.9 Å². The highest BCUT2D eigenvalue weighted by Gasteiger charge is 2.28. The van der Waals surface area contributed by atoms with Crippen LogP contribution in [0.15, 0.2) is 127 Å². The second-order valence-electron chi connectivity index (χ2n) is 13.9. The number of rotatable bonds is 4. The summed E-state index contributed by atoms with van der Waals surface area (Å²) in [5, 5.41) is 14.1. The lowest BCUT2D eigenvalue weighted by Crippen LogP contribution is -2.07. The molecule has 1 aliphatic carbocycles. The molecule has 50 heavy (non-hydrogen) atoms. The molecule has 1 atom stereocenters. The molecule has 2 aromatic heterocycles. The van der Waals surface area contributed by atoms with Gasteiger partial charge in [-0.05, 0) is 109 Å². The lowest BCUT2D eigenvalue weighted by molar-refractivity contribution is 0.717. The fourth-order valence-electron chi connectivity index (χ4n) is 8.49. The molecule has 0 aliphatic heterocycles. The molecule has 8 aromatic rings. The Morgan fingerprint density at radius 2 is 1.36 bits per heavy atom. The van der Waals surface area contributed by atoms with E-state index in [-0.39, 0.29) is 0 Å². The average molecular weight is 644 g/mol. The van der Waals surface area contributed by atoms with E-state index in [1.807, 2.05) is 12.1 Å². The summed E-state index contributed by atoms with van der Waals surface area (Å²) in [7, 11) is 0. The lowest BCUT2D eigenvalue weighted by atomic mass is 9.87. The van der Waals surface area contributed by atoms with Gasteiger partial charge in [0.2, 0.25) is 0 Å². The van der Waals surface area contributed by atoms with Crippen molar-refractivity contribution in [3.63, 3.8) is 0 Å². The summed E-state index contributed by atoms with van der Waals surface area (Å²) in [4.78, 5) is 0. The van der Waals surface area contributed by atoms with Crippen LogP contribution < -0.4 is 0 Å². The Hall–Kier alpha value is -6.11. The molecule has 1 aliphatic rings. The van der Waals surface area contributed by atoms with Crippen LogP contribution in [0.2, 0.25) is 0 Å². The molecule has 9 rings (SSSR count). The maximum atomic E-state index is 10.4. The van der Waals surface area contributed by atoms with Gasteiger partial charge in [0, 0.05) is 38.7 Å². The number of nitrogens with zero attached hydrogens (tertiary/aromatic N) is 3. The van der Waals surface area contributed by atoms with E-state index in [1.165, 1.54) is 71.9 Å². The minimum Gasteiger partial charge on any atom is -0.309 e. The van der Waals surface area contributed by atoms with E-state index in [4.69, 9.17) is 0 Å². The van der Waals surface area contributed by atoms with Crippen LogP contribution in [-0.4, -0.2) is 9.13 Å². The Morgan fingerprint density at radius 3 is 2.16 bits per heavy atom. The lowest BCUT2D eigenvalue weighted by Gasteiger charge is -2.20. The molecule has 6 aromatic carbocycles. The summed E-state index contributed by atoms with van der Waals surface area (Å²) in [5.41, 5.74) is 17.3. The molecule has 3 nitrogen and oxygen atoms in total. The van der Waals surface area contributed by atoms with E-state index in [9.17, 15) is 5.26 Å². The quantitative estimate of drug-likeness (QED) is 0.188. The smallest absolute Gasteiger partial charge is 0.0998 e. The van der Waals surface area contributed by atoms with E-state index >= 15 is 0 Å². The number of allylic oxidation sites excluding steroid dienone is 1. The summed E-state index contributed by atoms with van der Waals surface area (Å²) in [5.74, 6) is 0.412. The Balaban J connectivity index is 1.42. The van der Waals surface area contributed by atoms with Crippen LogP contribution in [-0.2, 0) is 6.42 Å². The number of benzene rings is 6. The number of hydrogen-bond acceptors (Lipinski definition) is 1. The van der Waals surface area contributed by atoms with Crippen molar-refractivity contribution in [1.82, 2.24) is 9.13 Å². The maximum Gasteiger partial charge on any atom is 0.0998 e. The Labute approximate surface area is 293 Å². The van der Waals surface area contributed by atoms with Crippen molar-refractivity contribution in [2.45, 2.75) is 34.1 Å². The number of nitriles is 1. The minimum absolute atomic E-state index is 0.412. The van der Waals surface area contributed by atoms with Gasteiger partial charge in [-0.2, -0.15) is 5.26 Å². The molecule has 0 amide bonds. The molecule has 1 unspecified atom stereocenters. The topological polar surface area (TPSA) is 33.6 Å². The van der Waals surface area contributed by atoms with Crippen LogP contribution in [0.25, 0.3) is 72.4 Å². The van der Waals surface area contributed by atoms with Gasteiger partial charge < -0.3 is 9.13 Å². The van der Waals surface area contributed by atoms with Gasteiger partial charge in [0.15, 0.2) is 0 Å². The molecule has 0 saturated heterocycles. The highest BCUT2D eigenvalue weighted by Crippen LogP contribution is 2.47. The van der Waals surface area contributed by atoms with Gasteiger partial charge >= 0.3 is 0 Å². The first-order valence-electron chi connectivity index (χ1n) is 17.5. The summed E-state index contributed by atoms with van der Waals surface area (Å²) in [6.07, 6.45) is 5.64. The molecule has 0 bridgehead atoms. The van der Waals surface area contributed by atoms with Crippen molar-refractivity contribution in [3.8, 4) is 39.7 Å². The van der Waals surface area contributed by atoms with Gasteiger partial charge in [0.1, 0.15) is 0 Å². The SMILES string of the molecule is Cc1cccc(C#N)c1-c1ccc(-c2ccc3c(c2)c2ccccc2n3-c2ccccc2)c2c3c(n(-c4c(C)cccc4C)c12)C=CC(C)C3. The van der Waals surface area contributed by atoms with Crippen LogP contribution in [0.5, 0.6) is 0 Å². The van der Waals surface area contributed by atoms with Crippen LogP contribution in [0.3, 0.4) is 0 Å². The molecule has 0 saturated carbocycles. The zero-order chi connectivity index (χ0) is 34.1. The number of aromatic nitrogens is 2. The predicted octanol–water partition coefficient (Wildman–Crippen LogP) is 12.1. The largest absolute Gasteiger partial charge is 0.309 e. The number of hydrogen-bond donors (Lipinski definition) is 0. The highest BCUT2D eigenvalue weighted by atomic mass is 15.0. The van der Waals surface area contributed by atoms with Crippen LogP contribution in [0.1, 0.15) is 40.4 Å². The zero-order valence-electron chi connectivity index (χ0n) is 28.8. The van der Waals surface area contributed by atoms with E-state index in [0.717, 1.165) is 28.8 Å². The third-order valence-corrected chi connectivity index (χ3v) is 10.7. The second-order valence-corrected chi connectivity index (χ2v) is 13.9. The van der Waals surface area contributed by atoms with Crippen LogP contribution in [0.4, 0.5) is 0 Å².